The highest BCUT2D eigenvalue weighted by molar-refractivity contribution is 5.43. The third-order valence-corrected chi connectivity index (χ3v) is 4.60. The number of hydrogen-bond donors (Lipinski definition) is 1. The third-order valence-electron chi connectivity index (χ3n) is 4.60. The quantitative estimate of drug-likeness (QED) is 0.886. The fourth-order valence-corrected chi connectivity index (χ4v) is 3.44. The smallest absolute Gasteiger partial charge is 0.161 e. The molecule has 0 unspecified atom stereocenters. The van der Waals surface area contributed by atoms with Gasteiger partial charge >= 0.3 is 0 Å². The van der Waals surface area contributed by atoms with E-state index in [0.717, 1.165) is 31.1 Å². The second kappa shape index (κ2) is 7.69. The van der Waals surface area contributed by atoms with Crippen molar-refractivity contribution in [3.05, 3.63) is 59.7 Å². The summed E-state index contributed by atoms with van der Waals surface area (Å²) in [6, 6.07) is 16.9. The minimum atomic E-state index is 0.178. The zero-order chi connectivity index (χ0) is 16.9. The predicted molar refractivity (Wildman–Crippen MR) is 96.6 cm³/mol. The average Bonchev–Trinajstić information content (AvgIpc) is 2.97. The highest BCUT2D eigenvalue weighted by Gasteiger charge is 2.31. The van der Waals surface area contributed by atoms with Crippen molar-refractivity contribution >= 4 is 0 Å². The molecule has 0 bridgehead atoms. The van der Waals surface area contributed by atoms with Crippen molar-refractivity contribution < 1.29 is 9.47 Å². The van der Waals surface area contributed by atoms with E-state index >= 15 is 0 Å². The molecule has 0 spiro atoms. The van der Waals surface area contributed by atoms with E-state index in [2.05, 4.69) is 41.3 Å². The number of methoxy groups -OCH3 is 1. The Balaban J connectivity index is 1.69. The number of likely N-dealkylation sites (tertiary alicyclic amines) is 1. The Hall–Kier alpha value is -2.04. The molecule has 2 N–H and O–H groups in total. The number of rotatable bonds is 6. The SMILES string of the molecule is CCOc1ccc(CN2C[C@@H](N)[C@H](c3ccccc3)C2)cc1OC. The largest absolute Gasteiger partial charge is 0.493 e. The molecule has 1 aliphatic heterocycles. The fourth-order valence-electron chi connectivity index (χ4n) is 3.44. The number of nitrogens with two attached hydrogens (primary N) is 1. The van der Waals surface area contributed by atoms with Crippen LogP contribution in [0.25, 0.3) is 0 Å². The fraction of sp³-hybridized carbons (Fsp3) is 0.400. The molecule has 1 aliphatic rings. The van der Waals surface area contributed by atoms with Crippen molar-refractivity contribution in [3.8, 4) is 11.5 Å². The van der Waals surface area contributed by atoms with Crippen molar-refractivity contribution in [2.24, 2.45) is 5.73 Å². The Morgan fingerprint density at radius 2 is 1.88 bits per heavy atom. The maximum Gasteiger partial charge on any atom is 0.161 e. The molecule has 4 nitrogen and oxygen atoms in total. The Morgan fingerprint density at radius 1 is 1.08 bits per heavy atom. The first kappa shape index (κ1) is 16.8. The van der Waals surface area contributed by atoms with E-state index < -0.39 is 0 Å². The van der Waals surface area contributed by atoms with E-state index in [1.54, 1.807) is 7.11 Å². The standard InChI is InChI=1S/C20H26N2O2/c1-3-24-19-10-9-15(11-20(19)23-2)12-22-13-17(18(21)14-22)16-7-5-4-6-8-16/h4-11,17-18H,3,12-14,21H2,1-2H3/t17-,18+/m0/s1. The van der Waals surface area contributed by atoms with Crippen molar-refractivity contribution in [1.82, 2.24) is 4.90 Å². The van der Waals surface area contributed by atoms with Gasteiger partial charge in [0.05, 0.1) is 13.7 Å². The molecule has 0 aliphatic carbocycles. The van der Waals surface area contributed by atoms with Crippen LogP contribution >= 0.6 is 0 Å². The van der Waals surface area contributed by atoms with Crippen LogP contribution in [-0.4, -0.2) is 37.7 Å². The minimum absolute atomic E-state index is 0.178. The molecule has 0 amide bonds. The van der Waals surface area contributed by atoms with Gasteiger partial charge in [-0.25, -0.2) is 0 Å². The van der Waals surface area contributed by atoms with Gasteiger partial charge in [-0.3, -0.25) is 4.90 Å². The van der Waals surface area contributed by atoms with Gasteiger partial charge in [-0.05, 0) is 30.2 Å². The zero-order valence-corrected chi connectivity index (χ0v) is 14.4. The van der Waals surface area contributed by atoms with E-state index in [4.69, 9.17) is 15.2 Å². The Bertz CT molecular complexity index is 660. The lowest BCUT2D eigenvalue weighted by Gasteiger charge is -2.17. The van der Waals surface area contributed by atoms with Gasteiger partial charge in [-0.15, -0.1) is 0 Å². The molecule has 0 aromatic heterocycles. The normalized spacial score (nSPS) is 21.0. The first-order valence-electron chi connectivity index (χ1n) is 8.54. The van der Waals surface area contributed by atoms with Crippen molar-refractivity contribution in [1.29, 1.82) is 0 Å². The van der Waals surface area contributed by atoms with Gasteiger partial charge in [-0.1, -0.05) is 36.4 Å². The van der Waals surface area contributed by atoms with E-state index in [-0.39, 0.29) is 6.04 Å². The van der Waals surface area contributed by atoms with Gasteiger partial charge in [0, 0.05) is 31.6 Å². The Morgan fingerprint density at radius 3 is 2.58 bits per heavy atom. The molecule has 128 valence electrons. The van der Waals surface area contributed by atoms with Crippen LogP contribution in [0.1, 0.15) is 24.0 Å². The molecule has 1 heterocycles. The molecule has 1 fully saturated rings. The van der Waals surface area contributed by atoms with Gasteiger partial charge < -0.3 is 15.2 Å². The zero-order valence-electron chi connectivity index (χ0n) is 14.4. The molecule has 0 radical (unpaired) electrons. The molecule has 2 aromatic rings. The molecule has 2 aromatic carbocycles. The lowest BCUT2D eigenvalue weighted by molar-refractivity contribution is 0.306. The highest BCUT2D eigenvalue weighted by Crippen LogP contribution is 2.31. The van der Waals surface area contributed by atoms with Gasteiger partial charge in [0.2, 0.25) is 0 Å². The van der Waals surface area contributed by atoms with Gasteiger partial charge in [0.25, 0.3) is 0 Å². The molecular formula is C20H26N2O2. The second-order valence-electron chi connectivity index (χ2n) is 6.29. The lowest BCUT2D eigenvalue weighted by atomic mass is 9.95. The minimum Gasteiger partial charge on any atom is -0.493 e. The first-order valence-corrected chi connectivity index (χ1v) is 8.54. The van der Waals surface area contributed by atoms with E-state index in [0.29, 0.717) is 12.5 Å². The van der Waals surface area contributed by atoms with Crippen LogP contribution in [0.4, 0.5) is 0 Å². The van der Waals surface area contributed by atoms with Crippen LogP contribution in [0.5, 0.6) is 11.5 Å². The summed E-state index contributed by atoms with van der Waals surface area (Å²) >= 11 is 0. The number of hydrogen-bond acceptors (Lipinski definition) is 4. The first-order chi connectivity index (χ1) is 11.7. The summed E-state index contributed by atoms with van der Waals surface area (Å²) in [5, 5.41) is 0. The van der Waals surface area contributed by atoms with Crippen LogP contribution in [0.3, 0.4) is 0 Å². The predicted octanol–water partition coefficient (Wildman–Crippen LogP) is 3.02. The second-order valence-corrected chi connectivity index (χ2v) is 6.29. The molecule has 1 saturated heterocycles. The van der Waals surface area contributed by atoms with Crippen molar-refractivity contribution in [2.45, 2.75) is 25.4 Å². The summed E-state index contributed by atoms with van der Waals surface area (Å²) in [6.45, 7) is 5.38. The topological polar surface area (TPSA) is 47.7 Å². The Kier molecular flexibility index (Phi) is 5.38. The maximum absolute atomic E-state index is 6.39. The van der Waals surface area contributed by atoms with Crippen LogP contribution in [0, 0.1) is 0 Å². The lowest BCUT2D eigenvalue weighted by Crippen LogP contribution is -2.28. The van der Waals surface area contributed by atoms with Crippen molar-refractivity contribution in [2.75, 3.05) is 26.8 Å². The van der Waals surface area contributed by atoms with Gasteiger partial charge in [0.1, 0.15) is 0 Å². The van der Waals surface area contributed by atoms with Crippen LogP contribution in [0.15, 0.2) is 48.5 Å². The van der Waals surface area contributed by atoms with Gasteiger partial charge in [-0.2, -0.15) is 0 Å². The summed E-state index contributed by atoms with van der Waals surface area (Å²) in [7, 11) is 1.68. The summed E-state index contributed by atoms with van der Waals surface area (Å²) in [6.07, 6.45) is 0. The molecule has 4 heteroatoms. The summed E-state index contributed by atoms with van der Waals surface area (Å²) in [4.78, 5) is 2.41. The van der Waals surface area contributed by atoms with Gasteiger partial charge in [0.15, 0.2) is 11.5 Å². The number of benzene rings is 2. The average molecular weight is 326 g/mol. The third kappa shape index (κ3) is 3.71. The number of ether oxygens (including phenoxy) is 2. The van der Waals surface area contributed by atoms with Crippen LogP contribution in [0.2, 0.25) is 0 Å². The van der Waals surface area contributed by atoms with Crippen LogP contribution < -0.4 is 15.2 Å². The van der Waals surface area contributed by atoms with E-state index in [1.165, 1.54) is 11.1 Å². The maximum atomic E-state index is 6.39. The molecule has 3 rings (SSSR count). The van der Waals surface area contributed by atoms with Crippen molar-refractivity contribution in [3.63, 3.8) is 0 Å². The Labute approximate surface area is 144 Å². The number of nitrogens with zero attached hydrogens (tertiary/aromatic N) is 1. The molecule has 2 atom stereocenters. The molecule has 0 saturated carbocycles. The van der Waals surface area contributed by atoms with E-state index in [9.17, 15) is 0 Å². The monoisotopic (exact) mass is 326 g/mol. The van der Waals surface area contributed by atoms with Crippen LogP contribution in [-0.2, 0) is 6.54 Å². The summed E-state index contributed by atoms with van der Waals surface area (Å²) in [5.74, 6) is 1.98. The summed E-state index contributed by atoms with van der Waals surface area (Å²) in [5.41, 5.74) is 8.94. The highest BCUT2D eigenvalue weighted by atomic mass is 16.5. The summed E-state index contributed by atoms with van der Waals surface area (Å²) < 4.78 is 11.0. The molecule has 24 heavy (non-hydrogen) atoms. The van der Waals surface area contributed by atoms with E-state index in [1.807, 2.05) is 19.1 Å². The molecular weight excluding hydrogens is 300 g/mol.